The zero-order valence-electron chi connectivity index (χ0n) is 10.9. The summed E-state index contributed by atoms with van der Waals surface area (Å²) in [6, 6.07) is -0.396. The Bertz CT molecular complexity index is 313. The van der Waals surface area contributed by atoms with E-state index in [2.05, 4.69) is 10.1 Å². The average Bonchev–Trinajstić information content (AvgIpc) is 2.32. The largest absolute Gasteiger partial charge is 0.468 e. The summed E-state index contributed by atoms with van der Waals surface area (Å²) in [6.45, 7) is 3.94. The Kier molecular flexibility index (Phi) is 8.16. The minimum Gasteiger partial charge on any atom is -0.468 e. The van der Waals surface area contributed by atoms with E-state index in [1.54, 1.807) is 6.92 Å². The Morgan fingerprint density at radius 1 is 1.35 bits per heavy atom. The van der Waals surface area contributed by atoms with Crippen molar-refractivity contribution in [3.63, 3.8) is 0 Å². The third kappa shape index (κ3) is 7.33. The smallest absolute Gasteiger partial charge is 0.322 e. The second-order valence-electron chi connectivity index (χ2n) is 3.91. The van der Waals surface area contributed by atoms with E-state index in [0.717, 1.165) is 12.8 Å². The van der Waals surface area contributed by atoms with Crippen molar-refractivity contribution in [3.05, 3.63) is 0 Å². The molecule has 0 amide bonds. The Morgan fingerprint density at radius 3 is 2.47 bits per heavy atom. The SMILES string of the molecule is CCCCC(NCCS(=O)(=O)CC)C(=O)OC. The molecule has 1 N–H and O–H groups in total. The molecule has 0 aliphatic rings. The molecule has 102 valence electrons. The van der Waals surface area contributed by atoms with Crippen LogP contribution in [0.5, 0.6) is 0 Å². The number of hydrogen-bond acceptors (Lipinski definition) is 5. The van der Waals surface area contributed by atoms with Gasteiger partial charge in [0.2, 0.25) is 0 Å². The molecular formula is C11H23NO4S. The molecule has 0 radical (unpaired) electrons. The lowest BCUT2D eigenvalue weighted by atomic mass is 10.1. The van der Waals surface area contributed by atoms with Gasteiger partial charge in [-0.05, 0) is 6.42 Å². The highest BCUT2D eigenvalue weighted by molar-refractivity contribution is 7.91. The van der Waals surface area contributed by atoms with E-state index in [1.165, 1.54) is 7.11 Å². The van der Waals surface area contributed by atoms with Crippen LogP contribution in [0.25, 0.3) is 0 Å². The van der Waals surface area contributed by atoms with Gasteiger partial charge in [0, 0.05) is 12.3 Å². The van der Waals surface area contributed by atoms with E-state index in [0.29, 0.717) is 13.0 Å². The van der Waals surface area contributed by atoms with Crippen LogP contribution in [0.4, 0.5) is 0 Å². The van der Waals surface area contributed by atoms with Gasteiger partial charge in [-0.1, -0.05) is 26.7 Å². The number of carbonyl (C=O) groups excluding carboxylic acids is 1. The van der Waals surface area contributed by atoms with Crippen LogP contribution < -0.4 is 5.32 Å². The highest BCUT2D eigenvalue weighted by Crippen LogP contribution is 2.02. The molecule has 0 saturated heterocycles. The second-order valence-corrected chi connectivity index (χ2v) is 6.38. The fourth-order valence-corrected chi connectivity index (χ4v) is 2.10. The quantitative estimate of drug-likeness (QED) is 0.623. The number of sulfone groups is 1. The average molecular weight is 265 g/mol. The third-order valence-corrected chi connectivity index (χ3v) is 4.28. The molecule has 0 rings (SSSR count). The number of nitrogens with one attached hydrogen (secondary N) is 1. The maximum Gasteiger partial charge on any atom is 0.322 e. The van der Waals surface area contributed by atoms with Crippen molar-refractivity contribution < 1.29 is 17.9 Å². The van der Waals surface area contributed by atoms with Crippen LogP contribution in [0.2, 0.25) is 0 Å². The lowest BCUT2D eigenvalue weighted by Gasteiger charge is -2.15. The molecular weight excluding hydrogens is 242 g/mol. The van der Waals surface area contributed by atoms with Gasteiger partial charge < -0.3 is 10.1 Å². The van der Waals surface area contributed by atoms with E-state index < -0.39 is 15.9 Å². The van der Waals surface area contributed by atoms with Crippen LogP contribution >= 0.6 is 0 Å². The summed E-state index contributed by atoms with van der Waals surface area (Å²) in [5, 5.41) is 2.94. The molecule has 0 fully saturated rings. The highest BCUT2D eigenvalue weighted by atomic mass is 32.2. The fourth-order valence-electron chi connectivity index (χ4n) is 1.39. The number of esters is 1. The van der Waals surface area contributed by atoms with Gasteiger partial charge in [-0.2, -0.15) is 0 Å². The van der Waals surface area contributed by atoms with E-state index in [-0.39, 0.29) is 17.5 Å². The lowest BCUT2D eigenvalue weighted by molar-refractivity contribution is -0.143. The molecule has 0 aromatic rings. The number of hydrogen-bond donors (Lipinski definition) is 1. The summed E-state index contributed by atoms with van der Waals surface area (Å²) in [5.41, 5.74) is 0. The zero-order valence-corrected chi connectivity index (χ0v) is 11.7. The van der Waals surface area contributed by atoms with Crippen LogP contribution in [0.3, 0.4) is 0 Å². The number of ether oxygens (including phenoxy) is 1. The summed E-state index contributed by atoms with van der Waals surface area (Å²) < 4.78 is 27.2. The Hall–Kier alpha value is -0.620. The molecule has 0 heterocycles. The van der Waals surface area contributed by atoms with Crippen molar-refractivity contribution in [2.75, 3.05) is 25.2 Å². The summed E-state index contributed by atoms with van der Waals surface area (Å²) in [6.07, 6.45) is 2.57. The molecule has 6 heteroatoms. The first-order chi connectivity index (χ1) is 7.96. The monoisotopic (exact) mass is 265 g/mol. The van der Waals surface area contributed by atoms with Crippen molar-refractivity contribution >= 4 is 15.8 Å². The van der Waals surface area contributed by atoms with Gasteiger partial charge in [-0.25, -0.2) is 8.42 Å². The minimum atomic E-state index is -2.98. The molecule has 0 aliphatic carbocycles. The van der Waals surface area contributed by atoms with Gasteiger partial charge >= 0.3 is 5.97 Å². The lowest BCUT2D eigenvalue weighted by Crippen LogP contribution is -2.40. The summed E-state index contributed by atoms with van der Waals surface area (Å²) in [5.74, 6) is -0.136. The standard InChI is InChI=1S/C11H23NO4S/c1-4-6-7-10(11(13)16-3)12-8-9-17(14,15)5-2/h10,12H,4-9H2,1-3H3. The number of unbranched alkanes of at least 4 members (excludes halogenated alkanes) is 1. The van der Waals surface area contributed by atoms with Gasteiger partial charge in [0.1, 0.15) is 6.04 Å². The summed E-state index contributed by atoms with van der Waals surface area (Å²) in [7, 11) is -1.64. The third-order valence-electron chi connectivity index (χ3n) is 2.58. The first-order valence-electron chi connectivity index (χ1n) is 5.98. The van der Waals surface area contributed by atoms with Gasteiger partial charge in [-0.3, -0.25) is 4.79 Å². The number of rotatable bonds is 9. The Morgan fingerprint density at radius 2 is 2.00 bits per heavy atom. The van der Waals surface area contributed by atoms with Crippen molar-refractivity contribution in [1.29, 1.82) is 0 Å². The zero-order chi connectivity index (χ0) is 13.3. The Labute approximate surface area is 104 Å². The van der Waals surface area contributed by atoms with Gasteiger partial charge in [0.25, 0.3) is 0 Å². The topological polar surface area (TPSA) is 72.5 Å². The normalized spacial score (nSPS) is 13.4. The van der Waals surface area contributed by atoms with Crippen molar-refractivity contribution in [2.24, 2.45) is 0 Å². The van der Waals surface area contributed by atoms with Crippen LogP contribution in [-0.2, 0) is 19.4 Å². The summed E-state index contributed by atoms with van der Waals surface area (Å²) >= 11 is 0. The molecule has 0 spiro atoms. The maximum absolute atomic E-state index is 11.4. The first kappa shape index (κ1) is 16.4. The van der Waals surface area contributed by atoms with Crippen molar-refractivity contribution in [1.82, 2.24) is 5.32 Å². The van der Waals surface area contributed by atoms with Crippen LogP contribution in [0, 0.1) is 0 Å². The van der Waals surface area contributed by atoms with E-state index in [4.69, 9.17) is 0 Å². The maximum atomic E-state index is 11.4. The number of methoxy groups -OCH3 is 1. The van der Waals surface area contributed by atoms with E-state index >= 15 is 0 Å². The molecule has 0 aromatic carbocycles. The highest BCUT2D eigenvalue weighted by Gasteiger charge is 2.18. The van der Waals surface area contributed by atoms with Gasteiger partial charge in [0.15, 0.2) is 9.84 Å². The second kappa shape index (κ2) is 8.47. The summed E-state index contributed by atoms with van der Waals surface area (Å²) in [4.78, 5) is 11.4. The van der Waals surface area contributed by atoms with Crippen molar-refractivity contribution in [2.45, 2.75) is 39.2 Å². The first-order valence-corrected chi connectivity index (χ1v) is 7.80. The van der Waals surface area contributed by atoms with Crippen molar-refractivity contribution in [3.8, 4) is 0 Å². The molecule has 17 heavy (non-hydrogen) atoms. The molecule has 1 atom stereocenters. The van der Waals surface area contributed by atoms with Gasteiger partial charge in [-0.15, -0.1) is 0 Å². The minimum absolute atomic E-state index is 0.0587. The number of carbonyl (C=O) groups is 1. The Balaban J connectivity index is 4.12. The molecule has 1 unspecified atom stereocenters. The van der Waals surface area contributed by atoms with E-state index in [9.17, 15) is 13.2 Å². The predicted octanol–water partition coefficient (Wildman–Crippen LogP) is 0.743. The van der Waals surface area contributed by atoms with Crippen LogP contribution in [0.15, 0.2) is 0 Å². The predicted molar refractivity (Wildman–Crippen MR) is 67.7 cm³/mol. The molecule has 0 aliphatic heterocycles. The van der Waals surface area contributed by atoms with Gasteiger partial charge in [0.05, 0.1) is 12.9 Å². The molecule has 0 saturated carbocycles. The molecule has 0 bridgehead atoms. The van der Waals surface area contributed by atoms with E-state index in [1.807, 2.05) is 6.92 Å². The molecule has 5 nitrogen and oxygen atoms in total. The van der Waals surface area contributed by atoms with Crippen LogP contribution in [-0.4, -0.2) is 45.6 Å². The molecule has 0 aromatic heterocycles. The fraction of sp³-hybridized carbons (Fsp3) is 0.909. The van der Waals surface area contributed by atoms with Crippen LogP contribution in [0.1, 0.15) is 33.1 Å².